The van der Waals surface area contributed by atoms with Gasteiger partial charge >= 0.3 is 0 Å². The Morgan fingerprint density at radius 2 is 1.78 bits per heavy atom. The van der Waals surface area contributed by atoms with Gasteiger partial charge in [0.25, 0.3) is 0 Å². The molecular weight excluding hydrogens is 437 g/mol. The van der Waals surface area contributed by atoms with E-state index in [2.05, 4.69) is 9.97 Å². The van der Waals surface area contributed by atoms with Crippen molar-refractivity contribution in [1.29, 1.82) is 0 Å². The molecule has 0 aliphatic rings. The fraction of sp³-hybridized carbons (Fsp3) is 0.455. The first kappa shape index (κ1) is 25.9. The Morgan fingerprint density at radius 1 is 1.16 bits per heavy atom. The van der Waals surface area contributed by atoms with Crippen molar-refractivity contribution in [3.05, 3.63) is 47.4 Å². The van der Waals surface area contributed by atoms with Crippen LogP contribution in [0, 0.1) is 5.82 Å². The van der Waals surface area contributed by atoms with E-state index in [-0.39, 0.29) is 31.3 Å². The molecule has 2 aromatic rings. The molecule has 2 atom stereocenters. The minimum atomic E-state index is -3.62. The zero-order chi connectivity index (χ0) is 24.1. The van der Waals surface area contributed by atoms with E-state index in [4.69, 9.17) is 5.11 Å². The van der Waals surface area contributed by atoms with Gasteiger partial charge in [-0.3, -0.25) is 0 Å². The average molecular weight is 468 g/mol. The fourth-order valence-corrected chi connectivity index (χ4v) is 3.41. The predicted octanol–water partition coefficient (Wildman–Crippen LogP) is 2.31. The Morgan fingerprint density at radius 3 is 2.31 bits per heavy atom. The van der Waals surface area contributed by atoms with Gasteiger partial charge in [0.1, 0.15) is 5.82 Å². The molecule has 32 heavy (non-hydrogen) atoms. The van der Waals surface area contributed by atoms with Crippen molar-refractivity contribution in [2.24, 2.45) is 0 Å². The van der Waals surface area contributed by atoms with Gasteiger partial charge in [0.2, 0.25) is 16.0 Å². The van der Waals surface area contributed by atoms with Gasteiger partial charge < -0.3 is 15.3 Å². The van der Waals surface area contributed by atoms with Crippen LogP contribution >= 0.6 is 0 Å². The van der Waals surface area contributed by atoms with Gasteiger partial charge in [0, 0.05) is 31.2 Å². The van der Waals surface area contributed by atoms with E-state index in [0.29, 0.717) is 22.5 Å². The predicted molar refractivity (Wildman–Crippen MR) is 122 cm³/mol. The van der Waals surface area contributed by atoms with Crippen LogP contribution in [0.3, 0.4) is 0 Å². The molecular formula is C22H30FN3O5S. The van der Waals surface area contributed by atoms with Gasteiger partial charge in [0.05, 0.1) is 29.9 Å². The second kappa shape index (κ2) is 11.0. The van der Waals surface area contributed by atoms with Crippen LogP contribution in [-0.2, 0) is 10.0 Å². The lowest BCUT2D eigenvalue weighted by Crippen LogP contribution is -2.27. The largest absolute Gasteiger partial charge is 0.396 e. The number of aromatic nitrogens is 2. The number of benzene rings is 1. The number of halogens is 1. The molecule has 0 amide bonds. The molecule has 8 nitrogen and oxygen atoms in total. The number of aliphatic hydroxyl groups excluding tert-OH is 3. The average Bonchev–Trinajstić information content (AvgIpc) is 2.71. The zero-order valence-corrected chi connectivity index (χ0v) is 19.4. The highest BCUT2D eigenvalue weighted by atomic mass is 32.2. The summed E-state index contributed by atoms with van der Waals surface area (Å²) < 4.78 is 38.6. The van der Waals surface area contributed by atoms with Gasteiger partial charge in [0.15, 0.2) is 0 Å². The summed E-state index contributed by atoms with van der Waals surface area (Å²) in [6, 6.07) is 5.62. The third kappa shape index (κ3) is 6.80. The second-order valence-electron chi connectivity index (χ2n) is 7.89. The lowest BCUT2D eigenvalue weighted by atomic mass is 9.97. The summed E-state index contributed by atoms with van der Waals surface area (Å²) in [5, 5.41) is 29.0. The minimum absolute atomic E-state index is 0.0217. The van der Waals surface area contributed by atoms with Crippen LogP contribution in [0.4, 0.5) is 10.3 Å². The van der Waals surface area contributed by atoms with Crippen molar-refractivity contribution < 1.29 is 28.1 Å². The smallest absolute Gasteiger partial charge is 0.239 e. The summed E-state index contributed by atoms with van der Waals surface area (Å²) in [5.74, 6) is -0.571. The van der Waals surface area contributed by atoms with Crippen molar-refractivity contribution in [2.75, 3.05) is 24.2 Å². The Labute approximate surface area is 188 Å². The maximum atomic E-state index is 13.5. The quantitative estimate of drug-likeness (QED) is 0.490. The van der Waals surface area contributed by atoms with E-state index in [9.17, 15) is 23.0 Å². The maximum Gasteiger partial charge on any atom is 0.239 e. The monoisotopic (exact) mass is 467 g/mol. The third-order valence-corrected chi connectivity index (χ3v) is 6.03. The van der Waals surface area contributed by atoms with Crippen molar-refractivity contribution in [3.8, 4) is 11.3 Å². The van der Waals surface area contributed by atoms with Crippen LogP contribution in [0.1, 0.15) is 43.9 Å². The molecule has 1 aromatic heterocycles. The number of hydrogen-bond donors (Lipinski definition) is 3. The minimum Gasteiger partial charge on any atom is -0.396 e. The molecule has 3 N–H and O–H groups in total. The molecule has 1 heterocycles. The van der Waals surface area contributed by atoms with Crippen molar-refractivity contribution in [1.82, 2.24) is 9.97 Å². The number of hydrogen-bond acceptors (Lipinski definition) is 7. The number of rotatable bonds is 10. The summed E-state index contributed by atoms with van der Waals surface area (Å²) >= 11 is 0. The van der Waals surface area contributed by atoms with Gasteiger partial charge in [-0.15, -0.1) is 0 Å². The Bertz CT molecular complexity index is 1040. The van der Waals surface area contributed by atoms with E-state index in [1.54, 1.807) is 6.08 Å². The summed E-state index contributed by atoms with van der Waals surface area (Å²) in [5.41, 5.74) is 2.03. The lowest BCUT2D eigenvalue weighted by molar-refractivity contribution is 0.0827. The SMILES string of the molecule is CC(C)c1nc(N(C)S(C)(=O)=O)nc(-c2ccc(F)cc2)c1/C=C/[C@@H](O)C[C@@H](O)CCO. The van der Waals surface area contributed by atoms with Gasteiger partial charge in [-0.05, 0) is 36.6 Å². The van der Waals surface area contributed by atoms with E-state index >= 15 is 0 Å². The number of sulfonamides is 1. The van der Waals surface area contributed by atoms with Crippen molar-refractivity contribution >= 4 is 22.0 Å². The molecule has 0 radical (unpaired) electrons. The van der Waals surface area contributed by atoms with E-state index in [1.807, 2.05) is 13.8 Å². The zero-order valence-electron chi connectivity index (χ0n) is 18.6. The summed E-state index contributed by atoms with van der Waals surface area (Å²) in [6.07, 6.45) is 2.49. The number of aliphatic hydroxyl groups is 3. The van der Waals surface area contributed by atoms with Gasteiger partial charge in [-0.25, -0.2) is 27.1 Å². The van der Waals surface area contributed by atoms with Crippen LogP contribution in [0.15, 0.2) is 30.3 Å². The molecule has 2 rings (SSSR count). The molecule has 0 aliphatic carbocycles. The summed E-state index contributed by atoms with van der Waals surface area (Å²) in [4.78, 5) is 8.91. The van der Waals surface area contributed by atoms with Crippen LogP contribution in [0.25, 0.3) is 17.3 Å². The molecule has 0 saturated heterocycles. The second-order valence-corrected chi connectivity index (χ2v) is 9.91. The van der Waals surface area contributed by atoms with Crippen LogP contribution in [-0.4, -0.2) is 65.8 Å². The number of anilines is 1. The molecule has 0 unspecified atom stereocenters. The highest BCUT2D eigenvalue weighted by Crippen LogP contribution is 2.31. The number of nitrogens with zero attached hydrogens (tertiary/aromatic N) is 3. The Kier molecular flexibility index (Phi) is 8.85. The molecule has 0 fully saturated rings. The molecule has 0 aliphatic heterocycles. The van der Waals surface area contributed by atoms with Gasteiger partial charge in [-0.2, -0.15) is 0 Å². The Balaban J connectivity index is 2.64. The molecule has 176 valence electrons. The van der Waals surface area contributed by atoms with Crippen LogP contribution in [0.2, 0.25) is 0 Å². The normalized spacial score (nSPS) is 14.2. The topological polar surface area (TPSA) is 124 Å². The van der Waals surface area contributed by atoms with Crippen LogP contribution < -0.4 is 4.31 Å². The lowest BCUT2D eigenvalue weighted by Gasteiger charge is -2.20. The van der Waals surface area contributed by atoms with Gasteiger partial charge in [-0.1, -0.05) is 26.0 Å². The summed E-state index contributed by atoms with van der Waals surface area (Å²) in [6.45, 7) is 3.59. The van der Waals surface area contributed by atoms with E-state index in [0.717, 1.165) is 10.6 Å². The fourth-order valence-electron chi connectivity index (χ4n) is 3.03. The van der Waals surface area contributed by atoms with Crippen molar-refractivity contribution in [3.63, 3.8) is 0 Å². The Hall–Kier alpha value is -2.40. The standard InChI is InChI=1S/C22H30FN3O5S/c1-14(2)20-19(10-9-17(28)13-18(29)11-12-27)21(15-5-7-16(23)8-6-15)25-22(24-20)26(3)32(4,30)31/h5-10,14,17-18,27-29H,11-13H2,1-4H3/b10-9+/t17-,18+/m1/s1. The summed E-state index contributed by atoms with van der Waals surface area (Å²) in [7, 11) is -2.27. The highest BCUT2D eigenvalue weighted by molar-refractivity contribution is 7.92. The molecule has 10 heteroatoms. The van der Waals surface area contributed by atoms with E-state index < -0.39 is 28.0 Å². The third-order valence-electron chi connectivity index (χ3n) is 4.87. The maximum absolute atomic E-state index is 13.5. The molecule has 1 aromatic carbocycles. The first-order valence-electron chi connectivity index (χ1n) is 10.2. The molecule has 0 saturated carbocycles. The molecule has 0 bridgehead atoms. The van der Waals surface area contributed by atoms with Crippen molar-refractivity contribution in [2.45, 2.75) is 44.8 Å². The van der Waals surface area contributed by atoms with Crippen LogP contribution in [0.5, 0.6) is 0 Å². The first-order valence-corrected chi connectivity index (χ1v) is 12.1. The highest BCUT2D eigenvalue weighted by Gasteiger charge is 2.22. The molecule has 0 spiro atoms. The first-order chi connectivity index (χ1) is 14.9. The van der Waals surface area contributed by atoms with E-state index in [1.165, 1.54) is 37.4 Å².